The molecule has 0 N–H and O–H groups in total. The normalized spacial score (nSPS) is 10.5. The highest BCUT2D eigenvalue weighted by molar-refractivity contribution is 9.10. The number of ketones is 1. The fourth-order valence-corrected chi connectivity index (χ4v) is 2.00. The summed E-state index contributed by atoms with van der Waals surface area (Å²) in [6, 6.07) is 6.19. The first-order valence-corrected chi connectivity index (χ1v) is 5.82. The van der Waals surface area contributed by atoms with E-state index in [0.29, 0.717) is 11.3 Å². The third-order valence-electron chi connectivity index (χ3n) is 2.47. The maximum absolute atomic E-state index is 13.5. The second kappa shape index (κ2) is 4.79. The first-order chi connectivity index (χ1) is 8.08. The molecule has 0 radical (unpaired) electrons. The van der Waals surface area contributed by atoms with Crippen LogP contribution in [0.15, 0.2) is 34.9 Å². The molecule has 0 aliphatic carbocycles. The molecule has 0 spiro atoms. The fourth-order valence-electron chi connectivity index (χ4n) is 1.59. The van der Waals surface area contributed by atoms with Crippen molar-refractivity contribution in [2.24, 2.45) is 7.05 Å². The minimum atomic E-state index is -0.372. The van der Waals surface area contributed by atoms with Crippen molar-refractivity contribution in [1.82, 2.24) is 9.78 Å². The van der Waals surface area contributed by atoms with E-state index in [9.17, 15) is 9.18 Å². The van der Waals surface area contributed by atoms with E-state index in [0.717, 1.165) is 4.47 Å². The molecule has 0 atom stereocenters. The van der Waals surface area contributed by atoms with Gasteiger partial charge in [0.25, 0.3) is 0 Å². The van der Waals surface area contributed by atoms with Crippen molar-refractivity contribution in [1.29, 1.82) is 0 Å². The molecule has 88 valence electrons. The summed E-state index contributed by atoms with van der Waals surface area (Å²) in [6.07, 6.45) is 1.58. The first-order valence-electron chi connectivity index (χ1n) is 5.03. The number of aromatic nitrogens is 2. The van der Waals surface area contributed by atoms with E-state index in [1.807, 2.05) is 0 Å². The van der Waals surface area contributed by atoms with Gasteiger partial charge in [-0.3, -0.25) is 9.48 Å². The van der Waals surface area contributed by atoms with Gasteiger partial charge in [-0.2, -0.15) is 5.10 Å². The lowest BCUT2D eigenvalue weighted by Gasteiger charge is -2.04. The van der Waals surface area contributed by atoms with E-state index in [1.54, 1.807) is 31.4 Å². The molecule has 0 aliphatic heterocycles. The Morgan fingerprint density at radius 2 is 2.24 bits per heavy atom. The number of benzene rings is 1. The van der Waals surface area contributed by atoms with Crippen LogP contribution in [-0.4, -0.2) is 15.6 Å². The van der Waals surface area contributed by atoms with Gasteiger partial charge >= 0.3 is 0 Å². The van der Waals surface area contributed by atoms with Crippen molar-refractivity contribution in [3.63, 3.8) is 0 Å². The second-order valence-corrected chi connectivity index (χ2v) is 4.59. The molecule has 0 fully saturated rings. The van der Waals surface area contributed by atoms with Crippen LogP contribution >= 0.6 is 15.9 Å². The summed E-state index contributed by atoms with van der Waals surface area (Å²) in [5.74, 6) is -0.522. The SMILES string of the molecule is Cn1nccc1C(=O)Cc1cc(Br)ccc1F. The van der Waals surface area contributed by atoms with Crippen LogP contribution in [0.4, 0.5) is 4.39 Å². The molecule has 0 unspecified atom stereocenters. The maximum Gasteiger partial charge on any atom is 0.185 e. The number of aryl methyl sites for hydroxylation is 1. The van der Waals surface area contributed by atoms with E-state index in [1.165, 1.54) is 10.7 Å². The molecule has 0 amide bonds. The van der Waals surface area contributed by atoms with Crippen molar-refractivity contribution >= 4 is 21.7 Å². The van der Waals surface area contributed by atoms with Crippen molar-refractivity contribution in [2.75, 3.05) is 0 Å². The van der Waals surface area contributed by atoms with Gasteiger partial charge in [-0.25, -0.2) is 4.39 Å². The van der Waals surface area contributed by atoms with Crippen molar-refractivity contribution in [3.8, 4) is 0 Å². The molecule has 5 heteroatoms. The smallest absolute Gasteiger partial charge is 0.185 e. The predicted octanol–water partition coefficient (Wildman–Crippen LogP) is 2.75. The number of halogens is 2. The molecule has 3 nitrogen and oxygen atoms in total. The Morgan fingerprint density at radius 3 is 2.88 bits per heavy atom. The van der Waals surface area contributed by atoms with Gasteiger partial charge in [0.15, 0.2) is 5.78 Å². The average Bonchev–Trinajstić information content (AvgIpc) is 2.70. The summed E-state index contributed by atoms with van der Waals surface area (Å²) < 4.78 is 15.7. The Bertz CT molecular complexity index is 565. The molecule has 0 saturated heterocycles. The lowest BCUT2D eigenvalue weighted by atomic mass is 10.1. The van der Waals surface area contributed by atoms with Gasteiger partial charge in [-0.15, -0.1) is 0 Å². The highest BCUT2D eigenvalue weighted by atomic mass is 79.9. The summed E-state index contributed by atoms with van der Waals surface area (Å²) in [6.45, 7) is 0. The second-order valence-electron chi connectivity index (χ2n) is 3.68. The molecular formula is C12H10BrFN2O. The van der Waals surface area contributed by atoms with E-state index < -0.39 is 0 Å². The van der Waals surface area contributed by atoms with Crippen LogP contribution in [0.1, 0.15) is 16.1 Å². The zero-order chi connectivity index (χ0) is 12.4. The molecule has 2 rings (SSSR count). The topological polar surface area (TPSA) is 34.9 Å². The van der Waals surface area contributed by atoms with Gasteiger partial charge in [0.2, 0.25) is 0 Å². The van der Waals surface area contributed by atoms with Crippen LogP contribution in [0, 0.1) is 5.82 Å². The minimum Gasteiger partial charge on any atom is -0.292 e. The summed E-state index contributed by atoms with van der Waals surface area (Å²) in [5, 5.41) is 3.91. The van der Waals surface area contributed by atoms with Crippen LogP contribution in [-0.2, 0) is 13.5 Å². The molecule has 0 bridgehead atoms. The standard InChI is InChI=1S/C12H10BrFN2O/c1-16-11(4-5-15-16)12(17)7-8-6-9(13)2-3-10(8)14/h2-6H,7H2,1H3. The van der Waals surface area contributed by atoms with Crippen LogP contribution in [0.5, 0.6) is 0 Å². The van der Waals surface area contributed by atoms with Gasteiger partial charge in [0.05, 0.1) is 0 Å². The van der Waals surface area contributed by atoms with Crippen LogP contribution < -0.4 is 0 Å². The highest BCUT2D eigenvalue weighted by Gasteiger charge is 2.13. The van der Waals surface area contributed by atoms with E-state index >= 15 is 0 Å². The lowest BCUT2D eigenvalue weighted by Crippen LogP contribution is -2.10. The predicted molar refractivity (Wildman–Crippen MR) is 65.3 cm³/mol. The Morgan fingerprint density at radius 1 is 1.47 bits per heavy atom. The molecular weight excluding hydrogens is 287 g/mol. The zero-order valence-corrected chi connectivity index (χ0v) is 10.7. The van der Waals surface area contributed by atoms with Crippen molar-refractivity contribution in [3.05, 3.63) is 52.0 Å². The third kappa shape index (κ3) is 2.61. The van der Waals surface area contributed by atoms with Gasteiger partial charge < -0.3 is 0 Å². The monoisotopic (exact) mass is 296 g/mol. The maximum atomic E-state index is 13.5. The zero-order valence-electron chi connectivity index (χ0n) is 9.15. The van der Waals surface area contributed by atoms with Crippen LogP contribution in [0.2, 0.25) is 0 Å². The number of rotatable bonds is 3. The number of carbonyl (C=O) groups excluding carboxylic acids is 1. The molecule has 1 aromatic heterocycles. The van der Waals surface area contributed by atoms with Crippen molar-refractivity contribution in [2.45, 2.75) is 6.42 Å². The van der Waals surface area contributed by atoms with Gasteiger partial charge in [-0.1, -0.05) is 15.9 Å². The fraction of sp³-hybridized carbons (Fsp3) is 0.167. The van der Waals surface area contributed by atoms with Crippen LogP contribution in [0.3, 0.4) is 0 Å². The number of carbonyl (C=O) groups is 1. The number of hydrogen-bond donors (Lipinski definition) is 0. The summed E-state index contributed by atoms with van der Waals surface area (Å²) in [4.78, 5) is 11.9. The average molecular weight is 297 g/mol. The van der Waals surface area contributed by atoms with E-state index in [4.69, 9.17) is 0 Å². The summed E-state index contributed by atoms with van der Waals surface area (Å²) in [7, 11) is 1.69. The summed E-state index contributed by atoms with van der Waals surface area (Å²) in [5.41, 5.74) is 0.856. The van der Waals surface area contributed by atoms with Crippen LogP contribution in [0.25, 0.3) is 0 Å². The lowest BCUT2D eigenvalue weighted by molar-refractivity contribution is 0.0983. The Kier molecular flexibility index (Phi) is 3.38. The van der Waals surface area contributed by atoms with E-state index in [2.05, 4.69) is 21.0 Å². The number of nitrogens with zero attached hydrogens (tertiary/aromatic N) is 2. The van der Waals surface area contributed by atoms with Gasteiger partial charge in [-0.05, 0) is 29.8 Å². The van der Waals surface area contributed by atoms with Gasteiger partial charge in [0.1, 0.15) is 11.5 Å². The highest BCUT2D eigenvalue weighted by Crippen LogP contribution is 2.17. The van der Waals surface area contributed by atoms with E-state index in [-0.39, 0.29) is 18.0 Å². The number of Topliss-reactive ketones (excluding diaryl/α,β-unsaturated/α-hetero) is 1. The Hall–Kier alpha value is -1.49. The molecule has 2 aromatic rings. The molecule has 1 aromatic carbocycles. The third-order valence-corrected chi connectivity index (χ3v) is 2.96. The molecule has 0 saturated carbocycles. The number of hydrogen-bond acceptors (Lipinski definition) is 2. The van der Waals surface area contributed by atoms with Gasteiger partial charge in [0, 0.05) is 24.1 Å². The minimum absolute atomic E-state index is 0.0325. The largest absolute Gasteiger partial charge is 0.292 e. The molecule has 1 heterocycles. The first kappa shape index (κ1) is 12.0. The van der Waals surface area contributed by atoms with Crippen molar-refractivity contribution < 1.29 is 9.18 Å². The molecule has 0 aliphatic rings. The Labute approximate surface area is 106 Å². The summed E-state index contributed by atoms with van der Waals surface area (Å²) >= 11 is 3.25. The Balaban J connectivity index is 2.24. The quantitative estimate of drug-likeness (QED) is 0.817. The molecule has 17 heavy (non-hydrogen) atoms.